The summed E-state index contributed by atoms with van der Waals surface area (Å²) in [4.78, 5) is 22.9. The molecule has 0 fully saturated rings. The molecule has 29 heavy (non-hydrogen) atoms. The predicted molar refractivity (Wildman–Crippen MR) is 98.8 cm³/mol. The summed E-state index contributed by atoms with van der Waals surface area (Å²) in [7, 11) is 0. The van der Waals surface area contributed by atoms with Crippen molar-refractivity contribution in [3.63, 3.8) is 0 Å². The Labute approximate surface area is 165 Å². The summed E-state index contributed by atoms with van der Waals surface area (Å²) in [6.07, 6.45) is 1.36. The molecule has 144 valence electrons. The first-order valence-electron chi connectivity index (χ1n) is 8.79. The van der Waals surface area contributed by atoms with Gasteiger partial charge in [0, 0.05) is 29.9 Å². The minimum atomic E-state index is -0.716. The Bertz CT molecular complexity index is 1140. The van der Waals surface area contributed by atoms with Gasteiger partial charge in [-0.3, -0.25) is 4.79 Å². The van der Waals surface area contributed by atoms with Crippen LogP contribution < -0.4 is 4.74 Å². The summed E-state index contributed by atoms with van der Waals surface area (Å²) < 4.78 is 32.7. The molecule has 8 heteroatoms. The fourth-order valence-corrected chi connectivity index (χ4v) is 3.02. The molecule has 0 spiro atoms. The number of rotatable bonds is 3. The number of carbonyl (C=O) groups excluding carboxylic acids is 1. The van der Waals surface area contributed by atoms with Gasteiger partial charge in [0.1, 0.15) is 23.8 Å². The van der Waals surface area contributed by atoms with Crippen molar-refractivity contribution in [2.24, 2.45) is 0 Å². The number of hydrogen-bond donors (Lipinski definition) is 0. The van der Waals surface area contributed by atoms with Crippen LogP contribution >= 0.6 is 0 Å². The Morgan fingerprint density at radius 1 is 1.21 bits per heavy atom. The van der Waals surface area contributed by atoms with Crippen molar-refractivity contribution >= 4 is 5.91 Å². The Hall–Kier alpha value is -3.86. The van der Waals surface area contributed by atoms with Crippen LogP contribution in [0.3, 0.4) is 0 Å². The number of nitrogens with zero attached hydrogens (tertiary/aromatic N) is 4. The number of ether oxygens (including phenoxy) is 1. The average molecular weight is 392 g/mol. The fourth-order valence-electron chi connectivity index (χ4n) is 3.02. The zero-order valence-electron chi connectivity index (χ0n) is 15.1. The molecule has 1 aromatic heterocycles. The van der Waals surface area contributed by atoms with Crippen molar-refractivity contribution in [2.45, 2.75) is 6.54 Å². The molecule has 1 amide bonds. The molecule has 0 saturated heterocycles. The zero-order chi connectivity index (χ0) is 20.4. The lowest BCUT2D eigenvalue weighted by molar-refractivity contribution is 0.0741. The molecule has 0 unspecified atom stereocenters. The second-order valence-corrected chi connectivity index (χ2v) is 6.42. The van der Waals surface area contributed by atoms with E-state index in [-0.39, 0.29) is 36.7 Å². The molecule has 2 heterocycles. The molecule has 1 aliphatic rings. The minimum absolute atomic E-state index is 0.0281. The molecule has 0 radical (unpaired) electrons. The van der Waals surface area contributed by atoms with Crippen LogP contribution in [0.25, 0.3) is 11.4 Å². The summed E-state index contributed by atoms with van der Waals surface area (Å²) >= 11 is 0. The van der Waals surface area contributed by atoms with Gasteiger partial charge in [0.2, 0.25) is 5.88 Å². The second kappa shape index (κ2) is 7.64. The summed E-state index contributed by atoms with van der Waals surface area (Å²) in [5.41, 5.74) is 1.45. The van der Waals surface area contributed by atoms with Crippen molar-refractivity contribution < 1.29 is 18.3 Å². The first-order chi connectivity index (χ1) is 14.0. The number of halogens is 2. The largest absolute Gasteiger partial charge is 0.475 e. The Kier molecular flexibility index (Phi) is 4.87. The van der Waals surface area contributed by atoms with Crippen LogP contribution in [-0.2, 0) is 6.54 Å². The van der Waals surface area contributed by atoms with E-state index >= 15 is 0 Å². The lowest BCUT2D eigenvalue weighted by atomic mass is 10.1. The summed E-state index contributed by atoms with van der Waals surface area (Å²) in [6, 6.07) is 12.1. The van der Waals surface area contributed by atoms with Gasteiger partial charge >= 0.3 is 0 Å². The van der Waals surface area contributed by atoms with Gasteiger partial charge in [-0.2, -0.15) is 10.2 Å². The third kappa shape index (κ3) is 3.75. The molecule has 6 nitrogen and oxygen atoms in total. The van der Waals surface area contributed by atoms with Crippen molar-refractivity contribution in [3.8, 4) is 23.3 Å². The van der Waals surface area contributed by atoms with E-state index < -0.39 is 17.5 Å². The maximum atomic E-state index is 14.0. The predicted octanol–water partition coefficient (Wildman–Crippen LogP) is 3.33. The van der Waals surface area contributed by atoms with E-state index in [1.807, 2.05) is 0 Å². The van der Waals surface area contributed by atoms with Gasteiger partial charge in [0.25, 0.3) is 5.91 Å². The Morgan fingerprint density at radius 3 is 2.86 bits per heavy atom. The molecular formula is C21H14F2N4O2. The van der Waals surface area contributed by atoms with Gasteiger partial charge in [0.05, 0.1) is 18.2 Å². The van der Waals surface area contributed by atoms with Crippen LogP contribution in [0.2, 0.25) is 0 Å². The topological polar surface area (TPSA) is 79.1 Å². The maximum absolute atomic E-state index is 14.0. The SMILES string of the molecule is N#Cc1cccc(-c2ncc3c(n2)OCCN(Cc2ccc(F)cc2F)C3=O)c1. The third-order valence-corrected chi connectivity index (χ3v) is 4.50. The van der Waals surface area contributed by atoms with Gasteiger partial charge in [-0.25, -0.2) is 13.8 Å². The highest BCUT2D eigenvalue weighted by Gasteiger charge is 2.26. The number of fused-ring (bicyclic) bond motifs is 1. The van der Waals surface area contributed by atoms with Gasteiger partial charge in [-0.05, 0) is 18.2 Å². The normalized spacial score (nSPS) is 13.3. The summed E-state index contributed by atoms with van der Waals surface area (Å²) in [6.45, 7) is 0.348. The van der Waals surface area contributed by atoms with Gasteiger partial charge in [0.15, 0.2) is 5.82 Å². The number of hydrogen-bond acceptors (Lipinski definition) is 5. The van der Waals surface area contributed by atoms with Crippen molar-refractivity contribution in [1.82, 2.24) is 14.9 Å². The Balaban J connectivity index is 1.63. The standard InChI is InChI=1S/C21H14F2N4O2/c22-16-5-4-15(18(23)9-16)12-27-6-7-29-20-17(21(27)28)11-25-19(26-20)14-3-1-2-13(8-14)10-24/h1-5,8-9,11H,6-7,12H2. The summed E-state index contributed by atoms with van der Waals surface area (Å²) in [5, 5.41) is 9.04. The molecule has 0 bridgehead atoms. The van der Waals surface area contributed by atoms with E-state index in [2.05, 4.69) is 16.0 Å². The molecule has 0 saturated carbocycles. The quantitative estimate of drug-likeness (QED) is 0.683. The monoisotopic (exact) mass is 392 g/mol. The molecule has 0 aliphatic carbocycles. The van der Waals surface area contributed by atoms with E-state index in [4.69, 9.17) is 10.00 Å². The molecule has 0 atom stereocenters. The first-order valence-corrected chi connectivity index (χ1v) is 8.79. The van der Waals surface area contributed by atoms with Crippen LogP contribution in [0.1, 0.15) is 21.5 Å². The maximum Gasteiger partial charge on any atom is 0.261 e. The number of carbonyl (C=O) groups is 1. The highest BCUT2D eigenvalue weighted by Crippen LogP contribution is 2.25. The van der Waals surface area contributed by atoms with E-state index in [1.165, 1.54) is 17.2 Å². The Morgan fingerprint density at radius 2 is 2.07 bits per heavy atom. The van der Waals surface area contributed by atoms with Crippen LogP contribution in [0.15, 0.2) is 48.7 Å². The molecule has 2 aromatic carbocycles. The van der Waals surface area contributed by atoms with Gasteiger partial charge < -0.3 is 9.64 Å². The molecule has 0 N–H and O–H groups in total. The van der Waals surface area contributed by atoms with Crippen molar-refractivity contribution in [2.75, 3.05) is 13.2 Å². The fraction of sp³-hybridized carbons (Fsp3) is 0.143. The smallest absolute Gasteiger partial charge is 0.261 e. The second-order valence-electron chi connectivity index (χ2n) is 6.42. The van der Waals surface area contributed by atoms with Crippen molar-refractivity contribution in [1.29, 1.82) is 5.26 Å². The summed E-state index contributed by atoms with van der Waals surface area (Å²) in [5.74, 6) is -1.34. The highest BCUT2D eigenvalue weighted by molar-refractivity contribution is 5.96. The van der Waals surface area contributed by atoms with E-state index in [0.29, 0.717) is 17.0 Å². The third-order valence-electron chi connectivity index (χ3n) is 4.50. The van der Waals surface area contributed by atoms with Crippen LogP contribution in [0.5, 0.6) is 5.88 Å². The molecule has 3 aromatic rings. The average Bonchev–Trinajstić information content (AvgIpc) is 2.88. The van der Waals surface area contributed by atoms with Crippen molar-refractivity contribution in [3.05, 3.63) is 77.0 Å². The number of aromatic nitrogens is 2. The van der Waals surface area contributed by atoms with E-state index in [9.17, 15) is 13.6 Å². The minimum Gasteiger partial charge on any atom is -0.475 e. The number of amides is 1. The zero-order valence-corrected chi connectivity index (χ0v) is 15.1. The van der Waals surface area contributed by atoms with Crippen LogP contribution in [-0.4, -0.2) is 33.9 Å². The first kappa shape index (κ1) is 18.5. The van der Waals surface area contributed by atoms with Gasteiger partial charge in [-0.1, -0.05) is 18.2 Å². The molecular weight excluding hydrogens is 378 g/mol. The van der Waals surface area contributed by atoms with E-state index in [1.54, 1.807) is 24.3 Å². The number of nitriles is 1. The lowest BCUT2D eigenvalue weighted by Crippen LogP contribution is -2.32. The highest BCUT2D eigenvalue weighted by atomic mass is 19.1. The van der Waals surface area contributed by atoms with E-state index in [0.717, 1.165) is 12.1 Å². The van der Waals surface area contributed by atoms with Gasteiger partial charge in [-0.15, -0.1) is 0 Å². The lowest BCUT2D eigenvalue weighted by Gasteiger charge is -2.20. The molecule has 4 rings (SSSR count). The number of benzene rings is 2. The molecule has 1 aliphatic heterocycles. The van der Waals surface area contributed by atoms with Crippen LogP contribution in [0, 0.1) is 23.0 Å². The van der Waals surface area contributed by atoms with Crippen LogP contribution in [0.4, 0.5) is 8.78 Å².